The first kappa shape index (κ1) is 29.9. The van der Waals surface area contributed by atoms with Crippen LogP contribution in [0.5, 0.6) is 5.75 Å². The van der Waals surface area contributed by atoms with Crippen LogP contribution in [0.3, 0.4) is 0 Å². The van der Waals surface area contributed by atoms with Crippen molar-refractivity contribution >= 4 is 23.9 Å². The molecule has 1 unspecified atom stereocenters. The minimum Gasteiger partial charge on any atom is -0.497 e. The number of carbonyl (C=O) groups excluding carboxylic acids is 1. The molecule has 0 aromatic heterocycles. The summed E-state index contributed by atoms with van der Waals surface area (Å²) < 4.78 is 11.0. The second-order valence-corrected chi connectivity index (χ2v) is 9.32. The van der Waals surface area contributed by atoms with Crippen molar-refractivity contribution in [3.8, 4) is 5.75 Å². The number of nitro benzene ring substituents is 1. The lowest BCUT2D eigenvalue weighted by atomic mass is 10.0. The fraction of sp³-hybridized carbons (Fsp3) is 0.500. The van der Waals surface area contributed by atoms with Crippen LogP contribution in [0.15, 0.2) is 42.5 Å². The van der Waals surface area contributed by atoms with Crippen LogP contribution in [-0.2, 0) is 4.74 Å². The van der Waals surface area contributed by atoms with Crippen molar-refractivity contribution in [2.24, 2.45) is 0 Å². The number of rotatable bonds is 16. The Kier molecular flexibility index (Phi) is 13.2. The molecule has 7 nitrogen and oxygen atoms in total. The van der Waals surface area contributed by atoms with Gasteiger partial charge in [0.25, 0.3) is 5.69 Å². The highest BCUT2D eigenvalue weighted by molar-refractivity contribution is 5.71. The number of hydrogen-bond acceptors (Lipinski definition) is 5. The van der Waals surface area contributed by atoms with E-state index in [1.807, 2.05) is 36.4 Å². The fourth-order valence-electron chi connectivity index (χ4n) is 4.12. The van der Waals surface area contributed by atoms with Crippen molar-refractivity contribution in [2.75, 3.05) is 20.2 Å². The lowest BCUT2D eigenvalue weighted by molar-refractivity contribution is -0.386. The molecule has 2 aromatic rings. The molecule has 0 aliphatic heterocycles. The van der Waals surface area contributed by atoms with Gasteiger partial charge in [0, 0.05) is 19.2 Å². The van der Waals surface area contributed by atoms with Crippen LogP contribution in [0.1, 0.15) is 94.9 Å². The first-order valence-corrected chi connectivity index (χ1v) is 13.5. The van der Waals surface area contributed by atoms with Gasteiger partial charge in [-0.2, -0.15) is 0 Å². The number of amides is 1. The number of nitro groups is 1. The predicted octanol–water partition coefficient (Wildman–Crippen LogP) is 8.43. The van der Waals surface area contributed by atoms with Gasteiger partial charge in [-0.1, -0.05) is 76.7 Å². The van der Waals surface area contributed by atoms with E-state index < -0.39 is 17.1 Å². The molecule has 7 heteroatoms. The maximum absolute atomic E-state index is 13.1. The van der Waals surface area contributed by atoms with Gasteiger partial charge in [0.1, 0.15) is 11.9 Å². The van der Waals surface area contributed by atoms with Gasteiger partial charge in [0.05, 0.1) is 17.6 Å². The van der Waals surface area contributed by atoms with E-state index in [2.05, 4.69) is 13.8 Å². The minimum atomic E-state index is -0.754. The van der Waals surface area contributed by atoms with E-state index in [1.54, 1.807) is 31.1 Å². The van der Waals surface area contributed by atoms with Gasteiger partial charge in [-0.15, -0.1) is 0 Å². The Morgan fingerprint density at radius 3 is 2.03 bits per heavy atom. The zero-order chi connectivity index (χ0) is 27.0. The molecule has 1 amide bonds. The summed E-state index contributed by atoms with van der Waals surface area (Å²) >= 11 is 0. The second kappa shape index (κ2) is 16.4. The van der Waals surface area contributed by atoms with E-state index in [1.165, 1.54) is 6.07 Å². The molecule has 2 aromatic carbocycles. The van der Waals surface area contributed by atoms with Crippen LogP contribution >= 0.6 is 0 Å². The van der Waals surface area contributed by atoms with Crippen LogP contribution < -0.4 is 4.74 Å². The largest absolute Gasteiger partial charge is 0.497 e. The first-order chi connectivity index (χ1) is 17.9. The Bertz CT molecular complexity index is 992. The van der Waals surface area contributed by atoms with Crippen LogP contribution in [0, 0.1) is 10.1 Å². The van der Waals surface area contributed by atoms with Gasteiger partial charge >= 0.3 is 6.09 Å². The Labute approximate surface area is 221 Å². The normalized spacial score (nSPS) is 11.9. The third-order valence-electron chi connectivity index (χ3n) is 6.37. The molecule has 0 spiro atoms. The topological polar surface area (TPSA) is 81.9 Å². The van der Waals surface area contributed by atoms with Crippen LogP contribution in [-0.4, -0.2) is 36.1 Å². The number of unbranched alkanes of at least 4 members (excludes halogenated alkanes) is 6. The highest BCUT2D eigenvalue weighted by Gasteiger charge is 2.24. The molecule has 1 atom stereocenters. The number of benzene rings is 2. The second-order valence-electron chi connectivity index (χ2n) is 9.32. The van der Waals surface area contributed by atoms with Gasteiger partial charge in [-0.05, 0) is 55.2 Å². The molecule has 0 aliphatic rings. The summed E-state index contributed by atoms with van der Waals surface area (Å²) in [5.74, 6) is 0.773. The van der Waals surface area contributed by atoms with Gasteiger partial charge in [0.15, 0.2) is 0 Å². The van der Waals surface area contributed by atoms with Crippen molar-refractivity contribution in [2.45, 2.75) is 78.2 Å². The number of hydrogen-bond donors (Lipinski definition) is 0. The number of carbonyl (C=O) groups is 1. The van der Waals surface area contributed by atoms with E-state index in [0.29, 0.717) is 18.7 Å². The molecule has 0 saturated heterocycles. The first-order valence-electron chi connectivity index (χ1n) is 13.5. The number of ether oxygens (including phenoxy) is 2. The van der Waals surface area contributed by atoms with Gasteiger partial charge < -0.3 is 14.4 Å². The highest BCUT2D eigenvalue weighted by atomic mass is 16.6. The van der Waals surface area contributed by atoms with Gasteiger partial charge in [-0.3, -0.25) is 10.1 Å². The van der Waals surface area contributed by atoms with E-state index >= 15 is 0 Å². The van der Waals surface area contributed by atoms with Crippen molar-refractivity contribution in [3.63, 3.8) is 0 Å². The summed E-state index contributed by atoms with van der Waals surface area (Å²) in [4.78, 5) is 26.2. The number of nitrogens with zero attached hydrogens (tertiary/aromatic N) is 2. The molecule has 2 rings (SSSR count). The maximum Gasteiger partial charge on any atom is 0.410 e. The minimum absolute atomic E-state index is 0.0562. The van der Waals surface area contributed by atoms with Crippen LogP contribution in [0.25, 0.3) is 12.2 Å². The third kappa shape index (κ3) is 10.3. The maximum atomic E-state index is 13.1. The molecule has 0 fully saturated rings. The summed E-state index contributed by atoms with van der Waals surface area (Å²) in [5.41, 5.74) is 2.09. The molecule has 0 saturated carbocycles. The summed E-state index contributed by atoms with van der Waals surface area (Å²) in [7, 11) is 1.62. The van der Waals surface area contributed by atoms with E-state index in [4.69, 9.17) is 9.47 Å². The third-order valence-corrected chi connectivity index (χ3v) is 6.37. The summed E-state index contributed by atoms with van der Waals surface area (Å²) in [6.07, 6.45) is 11.2. The quantitative estimate of drug-likeness (QED) is 0.0979. The lowest BCUT2D eigenvalue weighted by Gasteiger charge is -2.24. The fourth-order valence-corrected chi connectivity index (χ4v) is 4.12. The van der Waals surface area contributed by atoms with Gasteiger partial charge in [-0.25, -0.2) is 4.79 Å². The summed E-state index contributed by atoms with van der Waals surface area (Å²) in [6, 6.07) is 12.5. The molecule has 0 aliphatic carbocycles. The Morgan fingerprint density at radius 2 is 1.49 bits per heavy atom. The smallest absolute Gasteiger partial charge is 0.410 e. The zero-order valence-corrected chi connectivity index (χ0v) is 22.8. The Hall–Kier alpha value is -3.35. The average molecular weight is 511 g/mol. The standard InChI is InChI=1S/C30H42N2O5/c1-5-7-9-11-21-31(22-12-10-8-6-2)30(33)37-24(3)28-23-26(17-20-29(28)32(34)35)14-13-25-15-18-27(36-4)19-16-25/h13-20,23-24H,5-12,21-22H2,1-4H3/b14-13+. The monoisotopic (exact) mass is 510 g/mol. The van der Waals surface area contributed by atoms with Crippen molar-refractivity contribution in [3.05, 3.63) is 69.3 Å². The molecular formula is C30H42N2O5. The van der Waals surface area contributed by atoms with Crippen LogP contribution in [0.2, 0.25) is 0 Å². The Balaban J connectivity index is 2.16. The number of methoxy groups -OCH3 is 1. The molecule has 202 valence electrons. The van der Waals surface area contributed by atoms with Gasteiger partial charge in [0.2, 0.25) is 0 Å². The molecular weight excluding hydrogens is 468 g/mol. The SMILES string of the molecule is CCCCCCN(CCCCCC)C(=O)OC(C)c1cc(/C=C/c2ccc(OC)cc2)ccc1[N+](=O)[O-]. The molecule has 37 heavy (non-hydrogen) atoms. The lowest BCUT2D eigenvalue weighted by Crippen LogP contribution is -2.34. The van der Waals surface area contributed by atoms with E-state index in [0.717, 1.165) is 68.2 Å². The van der Waals surface area contributed by atoms with Crippen LogP contribution in [0.4, 0.5) is 10.5 Å². The summed E-state index contributed by atoms with van der Waals surface area (Å²) in [5, 5.41) is 11.7. The van der Waals surface area contributed by atoms with Crippen molar-refractivity contribution in [1.29, 1.82) is 0 Å². The summed E-state index contributed by atoms with van der Waals surface area (Å²) in [6.45, 7) is 7.30. The highest BCUT2D eigenvalue weighted by Crippen LogP contribution is 2.30. The van der Waals surface area contributed by atoms with E-state index in [9.17, 15) is 14.9 Å². The average Bonchev–Trinajstić information content (AvgIpc) is 2.90. The van der Waals surface area contributed by atoms with Crippen molar-refractivity contribution < 1.29 is 19.2 Å². The van der Waals surface area contributed by atoms with E-state index in [-0.39, 0.29) is 5.69 Å². The molecule has 0 bridgehead atoms. The predicted molar refractivity (Wildman–Crippen MR) is 150 cm³/mol. The zero-order valence-electron chi connectivity index (χ0n) is 22.8. The Morgan fingerprint density at radius 1 is 0.919 bits per heavy atom. The van der Waals surface area contributed by atoms with Crippen molar-refractivity contribution in [1.82, 2.24) is 4.90 Å². The molecule has 0 heterocycles. The molecule has 0 radical (unpaired) electrons. The molecule has 0 N–H and O–H groups in total.